The lowest BCUT2D eigenvalue weighted by atomic mass is 9.84. The van der Waals surface area contributed by atoms with E-state index in [1.807, 2.05) is 39.0 Å². The van der Waals surface area contributed by atoms with Crippen molar-refractivity contribution in [2.75, 3.05) is 26.7 Å². The van der Waals surface area contributed by atoms with Gasteiger partial charge in [-0.3, -0.25) is 24.4 Å². The Hall–Kier alpha value is -3.47. The summed E-state index contributed by atoms with van der Waals surface area (Å²) in [4.78, 5) is 55.0. The van der Waals surface area contributed by atoms with Crippen molar-refractivity contribution in [3.05, 3.63) is 30.0 Å². The number of nitrogens with one attached hydrogen (secondary N) is 1. The summed E-state index contributed by atoms with van der Waals surface area (Å²) in [6, 6.07) is 6.40. The van der Waals surface area contributed by atoms with Crippen LogP contribution in [0.4, 0.5) is 0 Å². The van der Waals surface area contributed by atoms with E-state index in [-0.39, 0.29) is 36.1 Å². The van der Waals surface area contributed by atoms with Gasteiger partial charge in [0.05, 0.1) is 17.8 Å². The number of nitrogens with zero attached hydrogens (tertiary/aromatic N) is 4. The first-order valence-electron chi connectivity index (χ1n) is 14.6. The Balaban J connectivity index is 1.39. The number of fused-ring (bicyclic) bond motifs is 1. The second-order valence-corrected chi connectivity index (χ2v) is 12.6. The number of amides is 4. The summed E-state index contributed by atoms with van der Waals surface area (Å²) in [6.45, 7) is 6.53. The van der Waals surface area contributed by atoms with Gasteiger partial charge < -0.3 is 19.6 Å². The predicted molar refractivity (Wildman–Crippen MR) is 152 cm³/mol. The van der Waals surface area contributed by atoms with Crippen molar-refractivity contribution in [2.45, 2.75) is 77.8 Å². The molecule has 1 saturated carbocycles. The zero-order valence-electron chi connectivity index (χ0n) is 24.5. The van der Waals surface area contributed by atoms with Crippen molar-refractivity contribution < 1.29 is 28.9 Å². The van der Waals surface area contributed by atoms with Crippen LogP contribution >= 0.6 is 0 Å². The third kappa shape index (κ3) is 7.25. The molecule has 0 bridgehead atoms. The minimum Gasteiger partial charge on any atom is -0.350 e. The van der Waals surface area contributed by atoms with Gasteiger partial charge in [-0.15, -0.1) is 0 Å². The van der Waals surface area contributed by atoms with Gasteiger partial charge in [0.2, 0.25) is 24.0 Å². The normalized spacial score (nSPS) is 18.2. The molecule has 1 aromatic heterocycles. The summed E-state index contributed by atoms with van der Waals surface area (Å²) in [5, 5.41) is 18.0. The Bertz CT molecular complexity index is 1230. The van der Waals surface area contributed by atoms with E-state index >= 15 is 0 Å². The minimum atomic E-state index is -0.797. The van der Waals surface area contributed by atoms with E-state index in [0.717, 1.165) is 25.7 Å². The number of hydrogen-bond acceptors (Lipinski definition) is 7. The first-order chi connectivity index (χ1) is 19.5. The average Bonchev–Trinajstić information content (AvgIpc) is 3.64. The van der Waals surface area contributed by atoms with Gasteiger partial charge in [-0.2, -0.15) is 0 Å². The molecule has 41 heavy (non-hydrogen) atoms. The lowest BCUT2D eigenvalue weighted by molar-refractivity contribution is -0.156. The minimum absolute atomic E-state index is 0.0999. The Morgan fingerprint density at radius 3 is 2.44 bits per heavy atom. The number of likely N-dealkylation sites (tertiary alicyclic amines) is 1. The van der Waals surface area contributed by atoms with Crippen molar-refractivity contribution in [1.29, 1.82) is 0 Å². The number of hydrogen-bond donors (Lipinski definition) is 2. The number of likely N-dealkylation sites (N-methyl/N-ethyl adjacent to an activating group) is 1. The number of carbonyl (C=O) groups excluding carboxylic acids is 4. The number of hydroxylamine groups is 2. The fraction of sp³-hybridized carbons (Fsp3) is 0.633. The van der Waals surface area contributed by atoms with Crippen LogP contribution in [-0.4, -0.2) is 88.1 Å². The molecule has 11 nitrogen and oxygen atoms in total. The van der Waals surface area contributed by atoms with Crippen molar-refractivity contribution in [1.82, 2.24) is 25.3 Å². The first kappa shape index (κ1) is 30.5. The van der Waals surface area contributed by atoms with E-state index in [2.05, 4.69) is 10.5 Å². The van der Waals surface area contributed by atoms with Crippen LogP contribution in [0.25, 0.3) is 10.9 Å². The van der Waals surface area contributed by atoms with Crippen LogP contribution in [0.1, 0.15) is 76.3 Å². The van der Waals surface area contributed by atoms with Gasteiger partial charge in [0.15, 0.2) is 0 Å². The Kier molecular flexibility index (Phi) is 9.68. The number of aromatic nitrogens is 1. The maximum Gasteiger partial charge on any atom is 0.293 e. The molecule has 1 aliphatic carbocycles. The quantitative estimate of drug-likeness (QED) is 0.254. The van der Waals surface area contributed by atoms with Crippen molar-refractivity contribution >= 4 is 35.0 Å². The van der Waals surface area contributed by atoms with Gasteiger partial charge in [-0.05, 0) is 42.7 Å². The summed E-state index contributed by atoms with van der Waals surface area (Å²) in [7, 11) is 1.75. The van der Waals surface area contributed by atoms with E-state index in [1.165, 1.54) is 0 Å². The molecule has 0 radical (unpaired) electrons. The standard InChI is InChI=1S/C30H43N5O6/c1-30(2,3)26(31-27(37)21(18-35(40)19-36)17-20-9-5-6-10-20)29(39)33(4)22-13-15-34(16-14-22)28(38)25-23-11-7-8-12-24(23)32-41-25/h7-8,11-12,19-22,26,40H,5-6,9-10,13-18H2,1-4H3,(H,31,37)/t21?,26-/m1/s1. The van der Waals surface area contributed by atoms with Crippen LogP contribution < -0.4 is 5.32 Å². The third-order valence-corrected chi connectivity index (χ3v) is 8.62. The number of benzene rings is 1. The van der Waals surface area contributed by atoms with Gasteiger partial charge >= 0.3 is 0 Å². The number of piperidine rings is 1. The van der Waals surface area contributed by atoms with Gasteiger partial charge in [0.1, 0.15) is 11.6 Å². The summed E-state index contributed by atoms with van der Waals surface area (Å²) in [5.74, 6) is -0.778. The molecule has 1 saturated heterocycles. The molecule has 224 valence electrons. The van der Waals surface area contributed by atoms with Gasteiger partial charge in [0, 0.05) is 26.2 Å². The lowest BCUT2D eigenvalue weighted by Crippen LogP contribution is -2.58. The summed E-state index contributed by atoms with van der Waals surface area (Å²) in [5.41, 5.74) is 0.0571. The molecule has 4 rings (SSSR count). The summed E-state index contributed by atoms with van der Waals surface area (Å²) in [6.07, 6.45) is 6.32. The fourth-order valence-electron chi connectivity index (χ4n) is 6.12. The zero-order chi connectivity index (χ0) is 29.7. The maximum absolute atomic E-state index is 13.8. The highest BCUT2D eigenvalue weighted by atomic mass is 16.5. The van der Waals surface area contributed by atoms with E-state index in [4.69, 9.17) is 4.52 Å². The van der Waals surface area contributed by atoms with Crippen LogP contribution in [0.15, 0.2) is 28.8 Å². The molecule has 0 spiro atoms. The molecule has 1 unspecified atom stereocenters. The summed E-state index contributed by atoms with van der Waals surface area (Å²) < 4.78 is 5.36. The highest BCUT2D eigenvalue weighted by Crippen LogP contribution is 2.31. The maximum atomic E-state index is 13.8. The third-order valence-electron chi connectivity index (χ3n) is 8.62. The van der Waals surface area contributed by atoms with Crippen LogP contribution in [0, 0.1) is 17.3 Å². The molecule has 2 aliphatic rings. The molecular formula is C30H43N5O6. The highest BCUT2D eigenvalue weighted by Gasteiger charge is 2.39. The second-order valence-electron chi connectivity index (χ2n) is 12.6. The van der Waals surface area contributed by atoms with Crippen LogP contribution in [0.2, 0.25) is 0 Å². The van der Waals surface area contributed by atoms with Crippen LogP contribution in [0.3, 0.4) is 0 Å². The van der Waals surface area contributed by atoms with E-state index in [1.54, 1.807) is 22.9 Å². The average molecular weight is 570 g/mol. The van der Waals surface area contributed by atoms with E-state index in [0.29, 0.717) is 60.6 Å². The zero-order valence-corrected chi connectivity index (χ0v) is 24.5. The molecule has 2 aromatic rings. The highest BCUT2D eigenvalue weighted by molar-refractivity contribution is 6.03. The fourth-order valence-corrected chi connectivity index (χ4v) is 6.12. The van der Waals surface area contributed by atoms with Crippen molar-refractivity contribution in [2.24, 2.45) is 17.3 Å². The molecule has 2 atom stereocenters. The van der Waals surface area contributed by atoms with Gasteiger partial charge in [0.25, 0.3) is 5.91 Å². The Morgan fingerprint density at radius 1 is 1.15 bits per heavy atom. The van der Waals surface area contributed by atoms with Gasteiger partial charge in [-0.25, -0.2) is 5.06 Å². The van der Waals surface area contributed by atoms with Crippen LogP contribution in [0.5, 0.6) is 0 Å². The van der Waals surface area contributed by atoms with Crippen LogP contribution in [-0.2, 0) is 14.4 Å². The molecular weight excluding hydrogens is 526 g/mol. The molecule has 4 amide bonds. The van der Waals surface area contributed by atoms with Gasteiger partial charge in [-0.1, -0.05) is 63.7 Å². The number of carbonyl (C=O) groups is 4. The molecule has 2 heterocycles. The monoisotopic (exact) mass is 569 g/mol. The lowest BCUT2D eigenvalue weighted by Gasteiger charge is -2.40. The second kappa shape index (κ2) is 13.0. The first-order valence-corrected chi connectivity index (χ1v) is 14.6. The van der Waals surface area contributed by atoms with Crippen molar-refractivity contribution in [3.8, 4) is 0 Å². The Morgan fingerprint density at radius 2 is 1.80 bits per heavy atom. The summed E-state index contributed by atoms with van der Waals surface area (Å²) >= 11 is 0. The van der Waals surface area contributed by atoms with Crippen molar-refractivity contribution in [3.63, 3.8) is 0 Å². The van der Waals surface area contributed by atoms with E-state index in [9.17, 15) is 24.4 Å². The molecule has 11 heteroatoms. The molecule has 1 aliphatic heterocycles. The number of rotatable bonds is 10. The van der Waals surface area contributed by atoms with E-state index < -0.39 is 17.4 Å². The Labute approximate surface area is 241 Å². The predicted octanol–water partition coefficient (Wildman–Crippen LogP) is 3.47. The topological polar surface area (TPSA) is 136 Å². The molecule has 1 aromatic carbocycles. The smallest absolute Gasteiger partial charge is 0.293 e. The molecule has 2 fully saturated rings. The molecule has 2 N–H and O–H groups in total. The SMILES string of the molecule is CN(C(=O)[C@@H](NC(=O)C(CC1CCCC1)CN(O)C=O)C(C)(C)C)C1CCN(C(=O)c2onc3ccccc23)CC1. The largest absolute Gasteiger partial charge is 0.350 e.